The number of hydrogen-bond acceptors (Lipinski definition) is 4. The van der Waals surface area contributed by atoms with Gasteiger partial charge in [0, 0.05) is 12.5 Å². The lowest BCUT2D eigenvalue weighted by Crippen LogP contribution is -2.46. The average Bonchev–Trinajstić information content (AvgIpc) is 2.38. The Balaban J connectivity index is 2.20. The third kappa shape index (κ3) is 3.57. The maximum Gasteiger partial charge on any atom is 0.134 e. The number of aliphatic hydroxyl groups excluding tert-OH is 1. The first-order valence-corrected chi connectivity index (χ1v) is 7.37. The zero-order chi connectivity index (χ0) is 13.9. The molecule has 106 valence electrons. The number of nitrogens with one attached hydrogen (secondary N) is 1. The predicted molar refractivity (Wildman–Crippen MR) is 77.5 cm³/mol. The minimum atomic E-state index is -0.264. The molecule has 2 N–H and O–H groups in total. The second-order valence-corrected chi connectivity index (χ2v) is 6.00. The Kier molecular flexibility index (Phi) is 4.63. The molecule has 0 saturated heterocycles. The third-order valence-electron chi connectivity index (χ3n) is 3.84. The first-order valence-electron chi connectivity index (χ1n) is 6.99. The molecule has 1 saturated carbocycles. The van der Waals surface area contributed by atoms with Crippen molar-refractivity contribution in [3.63, 3.8) is 0 Å². The molecule has 5 heteroatoms. The first-order chi connectivity index (χ1) is 9.07. The van der Waals surface area contributed by atoms with Gasteiger partial charge in [0.1, 0.15) is 16.8 Å². The summed E-state index contributed by atoms with van der Waals surface area (Å²) < 4.78 is 0. The minimum absolute atomic E-state index is 0.125. The molecule has 0 bridgehead atoms. The monoisotopic (exact) mass is 283 g/mol. The average molecular weight is 284 g/mol. The molecule has 1 aromatic heterocycles. The molecule has 19 heavy (non-hydrogen) atoms. The maximum absolute atomic E-state index is 9.78. The highest BCUT2D eigenvalue weighted by atomic mass is 35.5. The topological polar surface area (TPSA) is 58.0 Å². The SMILES string of the molecule is CCc1nc(Cl)cc(NC2(CO)CCCC(C)C2)n1. The Labute approximate surface area is 119 Å². The van der Waals surface area contributed by atoms with Gasteiger partial charge >= 0.3 is 0 Å². The zero-order valence-electron chi connectivity index (χ0n) is 11.6. The fraction of sp³-hybridized carbons (Fsp3) is 0.714. The van der Waals surface area contributed by atoms with Gasteiger partial charge in [-0.1, -0.05) is 38.3 Å². The van der Waals surface area contributed by atoms with Gasteiger partial charge < -0.3 is 10.4 Å². The summed E-state index contributed by atoms with van der Waals surface area (Å²) in [6, 6.07) is 1.73. The summed E-state index contributed by atoms with van der Waals surface area (Å²) >= 11 is 6.01. The first kappa shape index (κ1) is 14.5. The van der Waals surface area contributed by atoms with Gasteiger partial charge in [-0.2, -0.15) is 0 Å². The van der Waals surface area contributed by atoms with Gasteiger partial charge in [0.05, 0.1) is 12.1 Å². The normalized spacial score (nSPS) is 27.3. The van der Waals surface area contributed by atoms with E-state index in [-0.39, 0.29) is 12.1 Å². The van der Waals surface area contributed by atoms with Crippen LogP contribution in [0.15, 0.2) is 6.07 Å². The molecule has 2 unspecified atom stereocenters. The second-order valence-electron chi connectivity index (χ2n) is 5.61. The third-order valence-corrected chi connectivity index (χ3v) is 4.04. The highest BCUT2D eigenvalue weighted by Gasteiger charge is 2.34. The molecule has 1 aliphatic rings. The molecular weight excluding hydrogens is 262 g/mol. The van der Waals surface area contributed by atoms with E-state index in [1.165, 1.54) is 6.42 Å². The summed E-state index contributed by atoms with van der Waals surface area (Å²) in [4.78, 5) is 8.61. The van der Waals surface area contributed by atoms with Crippen molar-refractivity contribution >= 4 is 17.4 Å². The van der Waals surface area contributed by atoms with Crippen LogP contribution in [0.3, 0.4) is 0 Å². The smallest absolute Gasteiger partial charge is 0.134 e. The molecule has 2 rings (SSSR count). The van der Waals surface area contributed by atoms with Crippen LogP contribution in [-0.2, 0) is 6.42 Å². The van der Waals surface area contributed by atoms with Crippen molar-refractivity contribution in [1.29, 1.82) is 0 Å². The van der Waals surface area contributed by atoms with Gasteiger partial charge in [0.15, 0.2) is 0 Å². The van der Waals surface area contributed by atoms with Gasteiger partial charge in [-0.05, 0) is 18.8 Å². The lowest BCUT2D eigenvalue weighted by Gasteiger charge is -2.39. The van der Waals surface area contributed by atoms with Gasteiger partial charge in [0.25, 0.3) is 0 Å². The molecule has 0 radical (unpaired) electrons. The standard InChI is InChI=1S/C14H22ClN3O/c1-3-12-16-11(15)7-13(17-12)18-14(9-19)6-4-5-10(2)8-14/h7,10,19H,3-6,8-9H2,1-2H3,(H,16,17,18). The molecule has 4 nitrogen and oxygen atoms in total. The molecule has 1 aromatic rings. The number of halogens is 1. The lowest BCUT2D eigenvalue weighted by atomic mass is 9.77. The summed E-state index contributed by atoms with van der Waals surface area (Å²) in [6.07, 6.45) is 5.05. The van der Waals surface area contributed by atoms with Crippen molar-refractivity contribution < 1.29 is 5.11 Å². The summed E-state index contributed by atoms with van der Waals surface area (Å²) in [7, 11) is 0. The lowest BCUT2D eigenvalue weighted by molar-refractivity contribution is 0.149. The number of aryl methyl sites for hydroxylation is 1. The van der Waals surface area contributed by atoms with E-state index in [2.05, 4.69) is 22.2 Å². The molecule has 0 aromatic carbocycles. The van der Waals surface area contributed by atoms with E-state index in [1.807, 2.05) is 6.92 Å². The van der Waals surface area contributed by atoms with E-state index in [0.29, 0.717) is 11.1 Å². The van der Waals surface area contributed by atoms with Crippen LogP contribution in [0.2, 0.25) is 5.15 Å². The fourth-order valence-electron chi connectivity index (χ4n) is 2.92. The summed E-state index contributed by atoms with van der Waals surface area (Å²) in [6.45, 7) is 4.36. The Morgan fingerprint density at radius 2 is 2.32 bits per heavy atom. The van der Waals surface area contributed by atoms with Crippen molar-refractivity contribution in [3.8, 4) is 0 Å². The number of nitrogens with zero attached hydrogens (tertiary/aromatic N) is 2. The summed E-state index contributed by atoms with van der Waals surface area (Å²) in [5.41, 5.74) is -0.264. The Bertz CT molecular complexity index is 441. The van der Waals surface area contributed by atoms with Crippen LogP contribution in [0.5, 0.6) is 0 Å². The van der Waals surface area contributed by atoms with Crippen molar-refractivity contribution in [2.24, 2.45) is 5.92 Å². The molecule has 2 atom stereocenters. The van der Waals surface area contributed by atoms with E-state index in [9.17, 15) is 5.11 Å². The zero-order valence-corrected chi connectivity index (χ0v) is 12.4. The van der Waals surface area contributed by atoms with Gasteiger partial charge in [-0.3, -0.25) is 0 Å². The minimum Gasteiger partial charge on any atom is -0.394 e. The molecule has 0 aliphatic heterocycles. The van der Waals surface area contributed by atoms with E-state index >= 15 is 0 Å². The van der Waals surface area contributed by atoms with Crippen LogP contribution in [-0.4, -0.2) is 27.2 Å². The van der Waals surface area contributed by atoms with Crippen LogP contribution in [0.25, 0.3) is 0 Å². The van der Waals surface area contributed by atoms with Crippen molar-refractivity contribution in [1.82, 2.24) is 9.97 Å². The van der Waals surface area contributed by atoms with Crippen molar-refractivity contribution in [2.45, 2.75) is 51.5 Å². The molecular formula is C14H22ClN3O. The number of aromatic nitrogens is 2. The van der Waals surface area contributed by atoms with Crippen molar-refractivity contribution in [2.75, 3.05) is 11.9 Å². The highest BCUT2D eigenvalue weighted by molar-refractivity contribution is 6.29. The number of hydrogen-bond donors (Lipinski definition) is 2. The number of anilines is 1. The van der Waals surface area contributed by atoms with Crippen LogP contribution in [0.4, 0.5) is 5.82 Å². The van der Waals surface area contributed by atoms with Crippen molar-refractivity contribution in [3.05, 3.63) is 17.0 Å². The van der Waals surface area contributed by atoms with E-state index < -0.39 is 0 Å². The molecule has 0 spiro atoms. The Morgan fingerprint density at radius 1 is 1.53 bits per heavy atom. The number of rotatable bonds is 4. The molecule has 1 fully saturated rings. The van der Waals surface area contributed by atoms with E-state index in [1.54, 1.807) is 6.07 Å². The summed E-state index contributed by atoms with van der Waals surface area (Å²) in [5.74, 6) is 2.07. The second kappa shape index (κ2) is 6.06. The Hall–Kier alpha value is -0.870. The van der Waals surface area contributed by atoms with E-state index in [4.69, 9.17) is 11.6 Å². The molecule has 0 amide bonds. The van der Waals surface area contributed by atoms with Crippen LogP contribution >= 0.6 is 11.6 Å². The maximum atomic E-state index is 9.78. The Morgan fingerprint density at radius 3 is 2.95 bits per heavy atom. The van der Waals surface area contributed by atoms with Crippen LogP contribution < -0.4 is 5.32 Å². The molecule has 1 heterocycles. The quantitative estimate of drug-likeness (QED) is 0.834. The molecule has 1 aliphatic carbocycles. The summed E-state index contributed by atoms with van der Waals surface area (Å²) in [5, 5.41) is 13.6. The van der Waals surface area contributed by atoms with E-state index in [0.717, 1.165) is 37.3 Å². The highest BCUT2D eigenvalue weighted by Crippen LogP contribution is 2.34. The van der Waals surface area contributed by atoms with Gasteiger partial charge in [-0.15, -0.1) is 0 Å². The van der Waals surface area contributed by atoms with Gasteiger partial charge in [-0.25, -0.2) is 9.97 Å². The van der Waals surface area contributed by atoms with Crippen LogP contribution in [0.1, 0.15) is 45.4 Å². The largest absolute Gasteiger partial charge is 0.394 e. The predicted octanol–water partition coefficient (Wildman–Crippen LogP) is 3.05. The van der Waals surface area contributed by atoms with Gasteiger partial charge in [0.2, 0.25) is 0 Å². The van der Waals surface area contributed by atoms with Crippen LogP contribution in [0, 0.1) is 5.92 Å². The fourth-order valence-corrected chi connectivity index (χ4v) is 3.12. The number of aliphatic hydroxyl groups is 1.